The Morgan fingerprint density at radius 2 is 2.33 bits per heavy atom. The molecular formula is C9H8N2O. The molecule has 1 aliphatic heterocycles. The summed E-state index contributed by atoms with van der Waals surface area (Å²) >= 11 is 0. The van der Waals surface area contributed by atoms with Gasteiger partial charge in [0.25, 0.3) is 0 Å². The fourth-order valence-corrected chi connectivity index (χ4v) is 1.86. The van der Waals surface area contributed by atoms with Crippen LogP contribution in [0, 0.1) is 0 Å². The molecule has 60 valence electrons. The van der Waals surface area contributed by atoms with E-state index < -0.39 is 0 Å². The smallest absolute Gasteiger partial charge is 0.236 e. The molecule has 1 saturated carbocycles. The minimum absolute atomic E-state index is 0.135. The Morgan fingerprint density at radius 3 is 3.08 bits per heavy atom. The van der Waals surface area contributed by atoms with Crippen LogP contribution in [0.15, 0.2) is 18.3 Å². The van der Waals surface area contributed by atoms with E-state index in [1.165, 1.54) is 0 Å². The van der Waals surface area contributed by atoms with Gasteiger partial charge in [0, 0.05) is 11.8 Å². The number of nitrogens with zero attached hydrogens (tertiary/aromatic N) is 1. The molecule has 3 rings (SSSR count). The third-order valence-electron chi connectivity index (χ3n) is 2.74. The van der Waals surface area contributed by atoms with Crippen molar-refractivity contribution < 1.29 is 4.79 Å². The van der Waals surface area contributed by atoms with Crippen LogP contribution >= 0.6 is 0 Å². The summed E-state index contributed by atoms with van der Waals surface area (Å²) in [4.78, 5) is 15.6. The van der Waals surface area contributed by atoms with Gasteiger partial charge >= 0.3 is 0 Å². The number of carbonyl (C=O) groups is 1. The molecule has 0 atom stereocenters. The van der Waals surface area contributed by atoms with Gasteiger partial charge in [0.1, 0.15) is 5.82 Å². The van der Waals surface area contributed by atoms with Gasteiger partial charge < -0.3 is 5.32 Å². The Balaban J connectivity index is 2.26. The van der Waals surface area contributed by atoms with E-state index in [1.54, 1.807) is 6.20 Å². The Bertz CT molecular complexity index is 369. The van der Waals surface area contributed by atoms with Gasteiger partial charge in [-0.3, -0.25) is 4.79 Å². The number of rotatable bonds is 0. The van der Waals surface area contributed by atoms with Crippen LogP contribution in [0.3, 0.4) is 0 Å². The van der Waals surface area contributed by atoms with Crippen LogP contribution in [-0.2, 0) is 10.2 Å². The van der Waals surface area contributed by atoms with Crippen molar-refractivity contribution in [1.82, 2.24) is 4.98 Å². The molecule has 1 amide bonds. The van der Waals surface area contributed by atoms with E-state index in [9.17, 15) is 4.79 Å². The summed E-state index contributed by atoms with van der Waals surface area (Å²) < 4.78 is 0. The van der Waals surface area contributed by atoms with Crippen LogP contribution in [0.1, 0.15) is 18.4 Å². The molecule has 1 aromatic rings. The number of fused-ring (bicyclic) bond motifs is 2. The molecule has 2 aliphatic rings. The normalized spacial score (nSPS) is 22.2. The van der Waals surface area contributed by atoms with Crippen LogP contribution in [-0.4, -0.2) is 10.9 Å². The quantitative estimate of drug-likeness (QED) is 0.616. The molecule has 1 spiro atoms. The lowest BCUT2D eigenvalue weighted by molar-refractivity contribution is -0.117. The maximum absolute atomic E-state index is 11.5. The molecule has 12 heavy (non-hydrogen) atoms. The molecule has 1 aliphatic carbocycles. The molecule has 1 N–H and O–H groups in total. The van der Waals surface area contributed by atoms with E-state index >= 15 is 0 Å². The highest BCUT2D eigenvalue weighted by Gasteiger charge is 2.56. The zero-order valence-electron chi connectivity index (χ0n) is 6.50. The molecule has 0 aromatic carbocycles. The lowest BCUT2D eigenvalue weighted by Gasteiger charge is -2.00. The molecule has 3 nitrogen and oxygen atoms in total. The van der Waals surface area contributed by atoms with E-state index in [-0.39, 0.29) is 11.3 Å². The van der Waals surface area contributed by atoms with Gasteiger partial charge in [-0.25, -0.2) is 4.98 Å². The van der Waals surface area contributed by atoms with Crippen LogP contribution < -0.4 is 5.32 Å². The highest BCUT2D eigenvalue weighted by molar-refractivity contribution is 6.07. The first-order valence-electron chi connectivity index (χ1n) is 4.10. The summed E-state index contributed by atoms with van der Waals surface area (Å²) in [7, 11) is 0. The highest BCUT2D eigenvalue weighted by atomic mass is 16.2. The minimum atomic E-state index is -0.177. The van der Waals surface area contributed by atoms with E-state index in [4.69, 9.17) is 0 Å². The number of aromatic nitrogens is 1. The summed E-state index contributed by atoms with van der Waals surface area (Å²) in [6, 6.07) is 3.88. The first-order chi connectivity index (χ1) is 5.83. The van der Waals surface area contributed by atoms with Gasteiger partial charge in [-0.1, -0.05) is 6.07 Å². The number of amides is 1. The van der Waals surface area contributed by atoms with Crippen molar-refractivity contribution in [3.05, 3.63) is 23.9 Å². The summed E-state index contributed by atoms with van der Waals surface area (Å²) in [6.07, 6.45) is 3.68. The fourth-order valence-electron chi connectivity index (χ4n) is 1.86. The largest absolute Gasteiger partial charge is 0.310 e. The third kappa shape index (κ3) is 0.534. The van der Waals surface area contributed by atoms with Crippen molar-refractivity contribution in [2.45, 2.75) is 18.3 Å². The number of carbonyl (C=O) groups excluding carboxylic acids is 1. The molecule has 1 fully saturated rings. The molecule has 1 aromatic heterocycles. The lowest BCUT2D eigenvalue weighted by Crippen LogP contribution is -2.18. The maximum Gasteiger partial charge on any atom is 0.236 e. The molecule has 0 unspecified atom stereocenters. The molecule has 0 bridgehead atoms. The summed E-state index contributed by atoms with van der Waals surface area (Å²) in [5.74, 6) is 0.899. The van der Waals surface area contributed by atoms with Gasteiger partial charge in [0.2, 0.25) is 5.91 Å². The van der Waals surface area contributed by atoms with Gasteiger partial charge in [0.05, 0.1) is 5.41 Å². The van der Waals surface area contributed by atoms with Crippen LogP contribution in [0.25, 0.3) is 0 Å². The first kappa shape index (κ1) is 6.17. The second kappa shape index (κ2) is 1.68. The first-order valence-corrected chi connectivity index (χ1v) is 4.10. The second-order valence-corrected chi connectivity index (χ2v) is 3.44. The van der Waals surface area contributed by atoms with Gasteiger partial charge in [-0.2, -0.15) is 0 Å². The Kier molecular flexibility index (Phi) is 0.865. The van der Waals surface area contributed by atoms with Gasteiger partial charge in [-0.15, -0.1) is 0 Å². The van der Waals surface area contributed by atoms with Crippen LogP contribution in [0.2, 0.25) is 0 Å². The molecule has 3 heteroatoms. The number of anilines is 1. The number of hydrogen-bond acceptors (Lipinski definition) is 2. The Morgan fingerprint density at radius 1 is 1.50 bits per heavy atom. The number of hydrogen-bond donors (Lipinski definition) is 1. The standard InChI is InChI=1S/C9H8N2O/c12-8-9(3-4-9)6-2-1-5-10-7(6)11-8/h1-2,5H,3-4H2,(H,10,11,12). The van der Waals surface area contributed by atoms with Crippen LogP contribution in [0.5, 0.6) is 0 Å². The summed E-state index contributed by atoms with van der Waals surface area (Å²) in [6.45, 7) is 0. The number of nitrogens with one attached hydrogen (secondary N) is 1. The predicted octanol–water partition coefficient (Wildman–Crippen LogP) is 1.07. The lowest BCUT2D eigenvalue weighted by atomic mass is 10.0. The number of pyridine rings is 1. The SMILES string of the molecule is O=C1Nc2ncccc2C12CC2. The van der Waals surface area contributed by atoms with Gasteiger partial charge in [-0.05, 0) is 18.9 Å². The Labute approximate surface area is 69.8 Å². The average Bonchev–Trinajstić information content (AvgIpc) is 2.80. The van der Waals surface area contributed by atoms with Crippen molar-refractivity contribution in [3.63, 3.8) is 0 Å². The predicted molar refractivity (Wildman–Crippen MR) is 43.8 cm³/mol. The highest BCUT2D eigenvalue weighted by Crippen LogP contribution is 2.54. The van der Waals surface area contributed by atoms with Crippen molar-refractivity contribution in [3.8, 4) is 0 Å². The Hall–Kier alpha value is -1.38. The summed E-state index contributed by atoms with van der Waals surface area (Å²) in [5, 5.41) is 2.80. The zero-order valence-corrected chi connectivity index (χ0v) is 6.50. The summed E-state index contributed by atoms with van der Waals surface area (Å²) in [5.41, 5.74) is 0.916. The van der Waals surface area contributed by atoms with E-state index in [0.717, 1.165) is 24.2 Å². The van der Waals surface area contributed by atoms with Gasteiger partial charge in [0.15, 0.2) is 0 Å². The zero-order chi connectivity index (χ0) is 8.18. The van der Waals surface area contributed by atoms with Crippen molar-refractivity contribution in [1.29, 1.82) is 0 Å². The minimum Gasteiger partial charge on any atom is -0.310 e. The second-order valence-electron chi connectivity index (χ2n) is 3.44. The van der Waals surface area contributed by atoms with E-state index in [0.29, 0.717) is 0 Å². The molecular weight excluding hydrogens is 152 g/mol. The average molecular weight is 160 g/mol. The maximum atomic E-state index is 11.5. The van der Waals surface area contributed by atoms with Crippen molar-refractivity contribution in [2.75, 3.05) is 5.32 Å². The van der Waals surface area contributed by atoms with Crippen LogP contribution in [0.4, 0.5) is 5.82 Å². The molecule has 2 heterocycles. The topological polar surface area (TPSA) is 42.0 Å². The molecule has 0 saturated heterocycles. The van der Waals surface area contributed by atoms with E-state index in [1.807, 2.05) is 12.1 Å². The third-order valence-corrected chi connectivity index (χ3v) is 2.74. The molecule has 0 radical (unpaired) electrons. The fraction of sp³-hybridized carbons (Fsp3) is 0.333. The van der Waals surface area contributed by atoms with Crippen molar-refractivity contribution in [2.24, 2.45) is 0 Å². The monoisotopic (exact) mass is 160 g/mol. The van der Waals surface area contributed by atoms with E-state index in [2.05, 4.69) is 10.3 Å². The van der Waals surface area contributed by atoms with Crippen molar-refractivity contribution >= 4 is 11.7 Å².